The zero-order valence-corrected chi connectivity index (χ0v) is 18.3. The second kappa shape index (κ2) is 12.7. The molecule has 2 amide bonds. The zero-order valence-electron chi connectivity index (χ0n) is 18.3. The fraction of sp³-hybridized carbons (Fsp3) is 0.440. The van der Waals surface area contributed by atoms with Crippen LogP contribution in [0.15, 0.2) is 60.7 Å². The summed E-state index contributed by atoms with van der Waals surface area (Å²) in [6, 6.07) is 19.0. The molecular weight excluding hydrogens is 376 g/mol. The van der Waals surface area contributed by atoms with E-state index in [1.807, 2.05) is 81.4 Å². The van der Waals surface area contributed by atoms with Crippen LogP contribution in [-0.2, 0) is 16.1 Å². The van der Waals surface area contributed by atoms with Gasteiger partial charge in [0.15, 0.2) is 0 Å². The lowest BCUT2D eigenvalue weighted by Crippen LogP contribution is -2.50. The number of hydrogen-bond acceptors (Lipinski definition) is 3. The third-order valence-corrected chi connectivity index (χ3v) is 5.13. The Morgan fingerprint density at radius 1 is 0.967 bits per heavy atom. The van der Waals surface area contributed by atoms with E-state index in [4.69, 9.17) is 4.74 Å². The molecule has 0 heterocycles. The van der Waals surface area contributed by atoms with E-state index in [1.165, 1.54) is 0 Å². The number of carbonyl (C=O) groups is 2. The van der Waals surface area contributed by atoms with Crippen LogP contribution in [0.4, 0.5) is 0 Å². The minimum atomic E-state index is -0.484. The van der Waals surface area contributed by atoms with Crippen molar-refractivity contribution in [2.24, 2.45) is 0 Å². The lowest BCUT2D eigenvalue weighted by molar-refractivity contribution is -0.141. The molecule has 0 aliphatic heterocycles. The minimum Gasteiger partial charge on any atom is -0.494 e. The molecule has 2 aromatic carbocycles. The molecule has 0 aliphatic carbocycles. The van der Waals surface area contributed by atoms with E-state index in [9.17, 15) is 9.59 Å². The number of benzene rings is 2. The molecule has 0 aliphatic rings. The third kappa shape index (κ3) is 7.54. The Balaban J connectivity index is 2.03. The maximum Gasteiger partial charge on any atom is 0.243 e. The molecule has 30 heavy (non-hydrogen) atoms. The van der Waals surface area contributed by atoms with Gasteiger partial charge in [-0.05, 0) is 43.9 Å². The van der Waals surface area contributed by atoms with Crippen molar-refractivity contribution in [1.29, 1.82) is 0 Å². The Hall–Kier alpha value is -2.82. The van der Waals surface area contributed by atoms with Crippen molar-refractivity contribution in [3.63, 3.8) is 0 Å². The molecule has 0 unspecified atom stereocenters. The minimum absolute atomic E-state index is 0.0262. The van der Waals surface area contributed by atoms with E-state index in [1.54, 1.807) is 4.90 Å². The molecule has 5 heteroatoms. The van der Waals surface area contributed by atoms with Crippen LogP contribution >= 0.6 is 0 Å². The highest BCUT2D eigenvalue weighted by Gasteiger charge is 2.28. The Bertz CT molecular complexity index is 764. The Morgan fingerprint density at radius 2 is 1.60 bits per heavy atom. The molecule has 5 nitrogen and oxygen atoms in total. The summed E-state index contributed by atoms with van der Waals surface area (Å²) >= 11 is 0. The largest absolute Gasteiger partial charge is 0.494 e. The summed E-state index contributed by atoms with van der Waals surface area (Å²) < 4.78 is 5.71. The van der Waals surface area contributed by atoms with Crippen LogP contribution in [-0.4, -0.2) is 35.4 Å². The van der Waals surface area contributed by atoms with Gasteiger partial charge in [-0.15, -0.1) is 0 Å². The molecule has 162 valence electrons. The predicted octanol–water partition coefficient (Wildman–Crippen LogP) is 4.57. The number of rotatable bonds is 12. The fourth-order valence-corrected chi connectivity index (χ4v) is 3.21. The van der Waals surface area contributed by atoms with Crippen LogP contribution in [0.5, 0.6) is 5.75 Å². The second-order valence-corrected chi connectivity index (χ2v) is 7.51. The third-order valence-electron chi connectivity index (χ3n) is 5.13. The molecule has 0 bridgehead atoms. The molecule has 0 aromatic heterocycles. The molecule has 0 saturated heterocycles. The van der Waals surface area contributed by atoms with Crippen molar-refractivity contribution >= 4 is 11.8 Å². The molecule has 0 spiro atoms. The Morgan fingerprint density at radius 3 is 2.20 bits per heavy atom. The second-order valence-electron chi connectivity index (χ2n) is 7.51. The summed E-state index contributed by atoms with van der Waals surface area (Å²) in [7, 11) is 0. The summed E-state index contributed by atoms with van der Waals surface area (Å²) in [5.74, 6) is 0.684. The highest BCUT2D eigenvalue weighted by atomic mass is 16.5. The van der Waals surface area contributed by atoms with Crippen LogP contribution in [0.1, 0.15) is 52.0 Å². The van der Waals surface area contributed by atoms with Crippen LogP contribution in [0.2, 0.25) is 0 Å². The summed E-state index contributed by atoms with van der Waals surface area (Å²) in [6.45, 7) is 6.85. The first-order valence-electron chi connectivity index (χ1n) is 10.9. The highest BCUT2D eigenvalue weighted by molar-refractivity contribution is 5.87. The molecule has 0 radical (unpaired) electrons. The molecule has 2 atom stereocenters. The predicted molar refractivity (Wildman–Crippen MR) is 120 cm³/mol. The lowest BCUT2D eigenvalue weighted by Gasteiger charge is -2.31. The van der Waals surface area contributed by atoms with Crippen molar-refractivity contribution in [3.05, 3.63) is 66.2 Å². The maximum absolute atomic E-state index is 13.1. The smallest absolute Gasteiger partial charge is 0.243 e. The van der Waals surface area contributed by atoms with Crippen molar-refractivity contribution < 1.29 is 14.3 Å². The number of nitrogens with one attached hydrogen (secondary N) is 1. The SMILES string of the molecule is CC[C@@H](C)NC(=O)[C@@H](CC)N(Cc1ccccc1)C(=O)CCCOc1ccccc1. The van der Waals surface area contributed by atoms with Crippen molar-refractivity contribution in [1.82, 2.24) is 10.2 Å². The van der Waals surface area contributed by atoms with Crippen LogP contribution in [0.25, 0.3) is 0 Å². The van der Waals surface area contributed by atoms with Crippen molar-refractivity contribution in [3.8, 4) is 5.75 Å². The van der Waals surface area contributed by atoms with Crippen LogP contribution < -0.4 is 10.1 Å². The van der Waals surface area contributed by atoms with Crippen LogP contribution in [0, 0.1) is 0 Å². The maximum atomic E-state index is 13.1. The Labute approximate surface area is 180 Å². The zero-order chi connectivity index (χ0) is 21.8. The standard InChI is InChI=1S/C25H34N2O3/c1-4-20(3)26-25(29)23(5-2)27(19-21-13-8-6-9-14-21)24(28)17-12-18-30-22-15-10-7-11-16-22/h6-11,13-16,20,23H,4-5,12,17-19H2,1-3H3,(H,26,29)/t20-,23-/m1/s1. The van der Waals surface area contributed by atoms with Gasteiger partial charge < -0.3 is 15.0 Å². The van der Waals surface area contributed by atoms with Gasteiger partial charge in [0.25, 0.3) is 0 Å². The number of amides is 2. The van der Waals surface area contributed by atoms with E-state index in [0.29, 0.717) is 32.4 Å². The van der Waals surface area contributed by atoms with E-state index < -0.39 is 6.04 Å². The van der Waals surface area contributed by atoms with E-state index in [2.05, 4.69) is 5.32 Å². The highest BCUT2D eigenvalue weighted by Crippen LogP contribution is 2.15. The van der Waals surface area contributed by atoms with Crippen molar-refractivity contribution in [2.45, 2.75) is 65.1 Å². The lowest BCUT2D eigenvalue weighted by atomic mass is 10.1. The molecule has 2 aromatic rings. The van der Waals surface area contributed by atoms with E-state index >= 15 is 0 Å². The summed E-state index contributed by atoms with van der Waals surface area (Å²) in [4.78, 5) is 27.7. The Kier molecular flexibility index (Phi) is 9.92. The molecule has 2 rings (SSSR count). The normalized spacial score (nSPS) is 12.6. The average Bonchev–Trinajstić information content (AvgIpc) is 2.77. The van der Waals surface area contributed by atoms with Gasteiger partial charge in [-0.1, -0.05) is 62.4 Å². The number of nitrogens with zero attached hydrogens (tertiary/aromatic N) is 1. The van der Waals surface area contributed by atoms with Crippen molar-refractivity contribution in [2.75, 3.05) is 6.61 Å². The number of para-hydroxylation sites is 1. The fourth-order valence-electron chi connectivity index (χ4n) is 3.21. The van der Waals surface area contributed by atoms with Crippen LogP contribution in [0.3, 0.4) is 0 Å². The quantitative estimate of drug-likeness (QED) is 0.522. The van der Waals surface area contributed by atoms with Gasteiger partial charge in [-0.3, -0.25) is 9.59 Å². The molecule has 0 saturated carbocycles. The van der Waals surface area contributed by atoms with Gasteiger partial charge in [0.2, 0.25) is 11.8 Å². The number of carbonyl (C=O) groups excluding carboxylic acids is 2. The molecule has 1 N–H and O–H groups in total. The van der Waals surface area contributed by atoms with E-state index in [0.717, 1.165) is 17.7 Å². The van der Waals surface area contributed by atoms with Gasteiger partial charge >= 0.3 is 0 Å². The number of hydrogen-bond donors (Lipinski definition) is 1. The summed E-state index contributed by atoms with van der Waals surface area (Å²) in [5, 5.41) is 3.03. The first kappa shape index (κ1) is 23.5. The van der Waals surface area contributed by atoms with Gasteiger partial charge in [0.1, 0.15) is 11.8 Å². The van der Waals surface area contributed by atoms with Gasteiger partial charge in [0, 0.05) is 19.0 Å². The average molecular weight is 411 g/mol. The topological polar surface area (TPSA) is 58.6 Å². The van der Waals surface area contributed by atoms with Gasteiger partial charge in [0.05, 0.1) is 6.61 Å². The summed E-state index contributed by atoms with van der Waals surface area (Å²) in [5.41, 5.74) is 1.01. The molecule has 0 fully saturated rings. The van der Waals surface area contributed by atoms with E-state index in [-0.39, 0.29) is 17.9 Å². The van der Waals surface area contributed by atoms with Gasteiger partial charge in [-0.25, -0.2) is 0 Å². The summed E-state index contributed by atoms with van der Waals surface area (Å²) in [6.07, 6.45) is 2.36. The van der Waals surface area contributed by atoms with Gasteiger partial charge in [-0.2, -0.15) is 0 Å². The number of ether oxygens (including phenoxy) is 1. The first-order valence-corrected chi connectivity index (χ1v) is 10.9. The molecular formula is C25H34N2O3. The first-order chi connectivity index (χ1) is 14.5. The monoisotopic (exact) mass is 410 g/mol.